The molecule has 0 saturated carbocycles. The van der Waals surface area contributed by atoms with Crippen LogP contribution in [-0.4, -0.2) is 72.8 Å². The molecule has 134 valence electrons. The zero-order valence-corrected chi connectivity index (χ0v) is 14.3. The zero-order chi connectivity index (χ0) is 17.6. The lowest BCUT2D eigenvalue weighted by molar-refractivity contribution is -0.138. The first-order valence-electron chi connectivity index (χ1n) is 8.17. The van der Waals surface area contributed by atoms with Gasteiger partial charge in [0.2, 0.25) is 15.9 Å². The summed E-state index contributed by atoms with van der Waals surface area (Å²) in [5.74, 6) is 0.123. The molecule has 25 heavy (non-hydrogen) atoms. The van der Waals surface area contributed by atoms with E-state index in [-0.39, 0.29) is 35.5 Å². The molecule has 1 aromatic heterocycles. The number of hydrogen-bond acceptors (Lipinski definition) is 5. The number of nitrogens with zero attached hydrogens (tertiary/aromatic N) is 2. The molecular weight excluding hydrogens is 346 g/mol. The summed E-state index contributed by atoms with van der Waals surface area (Å²) >= 11 is 0. The molecule has 2 fully saturated rings. The van der Waals surface area contributed by atoms with Gasteiger partial charge in [0.1, 0.15) is 0 Å². The van der Waals surface area contributed by atoms with E-state index in [1.54, 1.807) is 11.0 Å². The molecule has 10 heteroatoms. The van der Waals surface area contributed by atoms with Crippen molar-refractivity contribution < 1.29 is 13.2 Å². The number of carbonyl (C=O) groups is 1. The first-order chi connectivity index (χ1) is 11.9. The molecule has 1 aromatic carbocycles. The normalized spacial score (nSPS) is 19.9. The Kier molecular flexibility index (Phi) is 3.89. The van der Waals surface area contributed by atoms with Crippen molar-refractivity contribution in [3.63, 3.8) is 0 Å². The fourth-order valence-electron chi connectivity index (χ4n) is 3.19. The maximum atomic E-state index is 12.8. The number of benzene rings is 1. The van der Waals surface area contributed by atoms with Gasteiger partial charge in [0.05, 0.1) is 21.8 Å². The molecule has 0 atom stereocenters. The van der Waals surface area contributed by atoms with E-state index >= 15 is 0 Å². The zero-order valence-electron chi connectivity index (χ0n) is 13.5. The molecule has 3 N–H and O–H groups in total. The molecular formula is C15H19N5O4S. The van der Waals surface area contributed by atoms with E-state index in [2.05, 4.69) is 15.3 Å². The van der Waals surface area contributed by atoms with Crippen LogP contribution >= 0.6 is 0 Å². The summed E-state index contributed by atoms with van der Waals surface area (Å²) in [5.41, 5.74) is 0.646. The van der Waals surface area contributed by atoms with Crippen molar-refractivity contribution in [3.8, 4) is 0 Å². The number of aromatic nitrogens is 2. The van der Waals surface area contributed by atoms with E-state index < -0.39 is 10.0 Å². The standard InChI is InChI=1S/C15H19N5O4S/c21-14(10-8-16-9-10)19-3-5-20(6-4-19)25(23,24)11-1-2-12-13(7-11)18-15(22)17-12/h1-2,7,10,16H,3-6,8-9H2,(H2,17,18,22). The second-order valence-electron chi connectivity index (χ2n) is 6.37. The van der Waals surface area contributed by atoms with Gasteiger partial charge in [0.15, 0.2) is 0 Å². The Morgan fingerprint density at radius 3 is 2.36 bits per heavy atom. The van der Waals surface area contributed by atoms with Crippen molar-refractivity contribution in [2.45, 2.75) is 4.90 Å². The van der Waals surface area contributed by atoms with Crippen LogP contribution in [0.15, 0.2) is 27.9 Å². The predicted octanol–water partition coefficient (Wildman–Crippen LogP) is -1.09. The minimum absolute atomic E-state index is 0.0241. The lowest BCUT2D eigenvalue weighted by Crippen LogP contribution is -2.57. The van der Waals surface area contributed by atoms with Gasteiger partial charge in [-0.25, -0.2) is 13.2 Å². The monoisotopic (exact) mass is 365 g/mol. The number of nitrogens with one attached hydrogen (secondary N) is 3. The molecule has 2 aromatic rings. The van der Waals surface area contributed by atoms with Gasteiger partial charge in [-0.3, -0.25) is 4.79 Å². The number of sulfonamides is 1. The van der Waals surface area contributed by atoms with Crippen LogP contribution in [0.2, 0.25) is 0 Å². The maximum absolute atomic E-state index is 12.8. The number of rotatable bonds is 3. The highest BCUT2D eigenvalue weighted by Crippen LogP contribution is 2.21. The highest BCUT2D eigenvalue weighted by Gasteiger charge is 2.34. The first kappa shape index (κ1) is 16.3. The smallest absolute Gasteiger partial charge is 0.323 e. The van der Waals surface area contributed by atoms with E-state index in [9.17, 15) is 18.0 Å². The van der Waals surface area contributed by atoms with E-state index in [0.717, 1.165) is 0 Å². The van der Waals surface area contributed by atoms with Crippen molar-refractivity contribution in [1.82, 2.24) is 24.5 Å². The maximum Gasteiger partial charge on any atom is 0.323 e. The number of hydrogen-bond donors (Lipinski definition) is 3. The predicted molar refractivity (Wildman–Crippen MR) is 90.6 cm³/mol. The third-order valence-corrected chi connectivity index (χ3v) is 6.70. The van der Waals surface area contributed by atoms with Crippen LogP contribution in [0.1, 0.15) is 0 Å². The Balaban J connectivity index is 1.50. The Bertz CT molecular complexity index is 967. The lowest BCUT2D eigenvalue weighted by Gasteiger charge is -2.37. The number of carbonyl (C=O) groups excluding carboxylic acids is 1. The third kappa shape index (κ3) is 2.86. The number of fused-ring (bicyclic) bond motifs is 1. The van der Waals surface area contributed by atoms with Gasteiger partial charge in [-0.15, -0.1) is 0 Å². The van der Waals surface area contributed by atoms with Gasteiger partial charge >= 0.3 is 5.69 Å². The van der Waals surface area contributed by atoms with Crippen LogP contribution < -0.4 is 11.0 Å². The van der Waals surface area contributed by atoms with Crippen molar-refractivity contribution in [2.24, 2.45) is 5.92 Å². The summed E-state index contributed by atoms with van der Waals surface area (Å²) in [7, 11) is -3.66. The molecule has 9 nitrogen and oxygen atoms in total. The Morgan fingerprint density at radius 2 is 1.72 bits per heavy atom. The largest absolute Gasteiger partial charge is 0.340 e. The summed E-state index contributed by atoms with van der Waals surface area (Å²) < 4.78 is 27.0. The molecule has 4 rings (SSSR count). The van der Waals surface area contributed by atoms with Crippen LogP contribution in [0.3, 0.4) is 0 Å². The second kappa shape index (κ2) is 5.97. The SMILES string of the molecule is O=C(C1CNC1)N1CCN(S(=O)(=O)c2ccc3[nH]c(=O)[nH]c3c2)CC1. The number of H-pyrrole nitrogens is 2. The molecule has 2 aliphatic heterocycles. The number of aromatic amines is 2. The lowest BCUT2D eigenvalue weighted by atomic mass is 10.0. The average Bonchev–Trinajstić information content (AvgIpc) is 2.92. The van der Waals surface area contributed by atoms with Crippen LogP contribution in [0.25, 0.3) is 11.0 Å². The van der Waals surface area contributed by atoms with Crippen molar-refractivity contribution in [1.29, 1.82) is 0 Å². The van der Waals surface area contributed by atoms with Gasteiger partial charge < -0.3 is 20.2 Å². The van der Waals surface area contributed by atoms with Crippen molar-refractivity contribution >= 4 is 27.0 Å². The van der Waals surface area contributed by atoms with Crippen LogP contribution in [-0.2, 0) is 14.8 Å². The average molecular weight is 365 g/mol. The van der Waals surface area contributed by atoms with Crippen LogP contribution in [0, 0.1) is 5.92 Å². The minimum atomic E-state index is -3.66. The van der Waals surface area contributed by atoms with E-state index in [1.165, 1.54) is 16.4 Å². The summed E-state index contributed by atoms with van der Waals surface area (Å²) in [6.45, 7) is 2.75. The Labute approximate surface area is 144 Å². The molecule has 0 spiro atoms. The van der Waals surface area contributed by atoms with Crippen LogP contribution in [0.4, 0.5) is 0 Å². The molecule has 0 bridgehead atoms. The van der Waals surface area contributed by atoms with E-state index in [4.69, 9.17) is 0 Å². The molecule has 0 unspecified atom stereocenters. The molecule has 0 aliphatic carbocycles. The van der Waals surface area contributed by atoms with Gasteiger partial charge in [-0.1, -0.05) is 0 Å². The van der Waals surface area contributed by atoms with Crippen LogP contribution in [0.5, 0.6) is 0 Å². The van der Waals surface area contributed by atoms with Gasteiger partial charge in [0, 0.05) is 39.3 Å². The number of imidazole rings is 1. The Morgan fingerprint density at radius 1 is 1.04 bits per heavy atom. The van der Waals surface area contributed by atoms with Gasteiger partial charge in [0.25, 0.3) is 0 Å². The molecule has 3 heterocycles. The molecule has 0 radical (unpaired) electrons. The molecule has 2 saturated heterocycles. The summed E-state index contributed by atoms with van der Waals surface area (Å²) in [5, 5.41) is 3.07. The Hall–Kier alpha value is -2.17. The summed E-state index contributed by atoms with van der Waals surface area (Å²) in [6.07, 6.45) is 0. The molecule has 1 amide bonds. The highest BCUT2D eigenvalue weighted by molar-refractivity contribution is 7.89. The fourth-order valence-corrected chi connectivity index (χ4v) is 4.64. The first-order valence-corrected chi connectivity index (χ1v) is 9.61. The second-order valence-corrected chi connectivity index (χ2v) is 8.31. The summed E-state index contributed by atoms with van der Waals surface area (Å²) in [6, 6.07) is 4.52. The summed E-state index contributed by atoms with van der Waals surface area (Å²) in [4.78, 5) is 30.6. The van der Waals surface area contributed by atoms with Crippen molar-refractivity contribution in [3.05, 3.63) is 28.7 Å². The number of piperazine rings is 1. The third-order valence-electron chi connectivity index (χ3n) is 4.81. The van der Waals surface area contributed by atoms with Crippen molar-refractivity contribution in [2.75, 3.05) is 39.3 Å². The fraction of sp³-hybridized carbons (Fsp3) is 0.467. The van der Waals surface area contributed by atoms with Gasteiger partial charge in [-0.05, 0) is 18.2 Å². The quantitative estimate of drug-likeness (QED) is 0.639. The van der Waals surface area contributed by atoms with E-state index in [0.29, 0.717) is 37.2 Å². The van der Waals surface area contributed by atoms with Gasteiger partial charge in [-0.2, -0.15) is 4.31 Å². The minimum Gasteiger partial charge on any atom is -0.340 e. The molecule has 2 aliphatic rings. The van der Waals surface area contributed by atoms with E-state index in [1.807, 2.05) is 0 Å². The highest BCUT2D eigenvalue weighted by atomic mass is 32.2. The topological polar surface area (TPSA) is 118 Å². The number of amides is 1.